The van der Waals surface area contributed by atoms with E-state index in [-0.39, 0.29) is 5.91 Å². The summed E-state index contributed by atoms with van der Waals surface area (Å²) >= 11 is 0. The highest BCUT2D eigenvalue weighted by Crippen LogP contribution is 2.27. The van der Waals surface area contributed by atoms with Crippen molar-refractivity contribution in [3.05, 3.63) is 30.9 Å². The smallest absolute Gasteiger partial charge is 0.247 e. The molecule has 4 nitrogen and oxygen atoms in total. The van der Waals surface area contributed by atoms with Gasteiger partial charge in [0, 0.05) is 12.7 Å². The summed E-state index contributed by atoms with van der Waals surface area (Å²) in [7, 11) is 3.38. The molecule has 0 saturated heterocycles. The molecule has 4 heteroatoms. The largest absolute Gasteiger partial charge is 0.495 e. The number of ether oxygens (including phenoxy) is 1. The number of nitrogens with one attached hydrogen (secondary N) is 2. The number of benzene rings is 1. The van der Waals surface area contributed by atoms with Crippen LogP contribution in [0.3, 0.4) is 0 Å². The quantitative estimate of drug-likeness (QED) is 0.739. The third-order valence-electron chi connectivity index (χ3n) is 1.92. The van der Waals surface area contributed by atoms with E-state index >= 15 is 0 Å². The molecule has 0 bridgehead atoms. The van der Waals surface area contributed by atoms with Crippen molar-refractivity contribution in [3.8, 4) is 5.75 Å². The van der Waals surface area contributed by atoms with Crippen molar-refractivity contribution < 1.29 is 9.53 Å². The minimum atomic E-state index is -0.234. The number of rotatable bonds is 4. The predicted molar refractivity (Wildman–Crippen MR) is 61.4 cm³/mol. The van der Waals surface area contributed by atoms with Crippen LogP contribution in [0.2, 0.25) is 0 Å². The summed E-state index contributed by atoms with van der Waals surface area (Å²) in [4.78, 5) is 11.1. The first-order valence-electron chi connectivity index (χ1n) is 4.50. The van der Waals surface area contributed by atoms with Crippen LogP contribution in [0.4, 0.5) is 11.4 Å². The molecule has 2 N–H and O–H groups in total. The van der Waals surface area contributed by atoms with Gasteiger partial charge >= 0.3 is 0 Å². The molecule has 0 fully saturated rings. The van der Waals surface area contributed by atoms with E-state index in [1.807, 2.05) is 0 Å². The van der Waals surface area contributed by atoms with Crippen LogP contribution in [0.25, 0.3) is 0 Å². The van der Waals surface area contributed by atoms with Crippen molar-refractivity contribution in [2.75, 3.05) is 24.8 Å². The Morgan fingerprint density at radius 2 is 2.27 bits per heavy atom. The highest BCUT2D eigenvalue weighted by molar-refractivity contribution is 5.99. The molecule has 0 unspecified atom stereocenters. The van der Waals surface area contributed by atoms with Gasteiger partial charge in [0.1, 0.15) is 5.75 Å². The molecule has 0 heterocycles. The Bertz CT molecular complexity index is 375. The number of methoxy groups -OCH3 is 1. The van der Waals surface area contributed by atoms with E-state index in [0.717, 1.165) is 11.4 Å². The second-order valence-corrected chi connectivity index (χ2v) is 2.86. The van der Waals surface area contributed by atoms with Crippen molar-refractivity contribution in [1.29, 1.82) is 0 Å². The van der Waals surface area contributed by atoms with Crippen LogP contribution in [-0.4, -0.2) is 20.1 Å². The zero-order valence-electron chi connectivity index (χ0n) is 8.83. The predicted octanol–water partition coefficient (Wildman–Crippen LogP) is 1.86. The van der Waals surface area contributed by atoms with E-state index in [9.17, 15) is 4.79 Å². The second-order valence-electron chi connectivity index (χ2n) is 2.86. The normalized spacial score (nSPS) is 9.20. The lowest BCUT2D eigenvalue weighted by molar-refractivity contribution is -0.111. The number of hydrogen-bond acceptors (Lipinski definition) is 3. The summed E-state index contributed by atoms with van der Waals surface area (Å²) in [5.74, 6) is 0.497. The first kappa shape index (κ1) is 11.1. The molecule has 1 aromatic rings. The van der Waals surface area contributed by atoms with Gasteiger partial charge < -0.3 is 15.4 Å². The molecular formula is C11H14N2O2. The Kier molecular flexibility index (Phi) is 3.74. The molecule has 1 rings (SSSR count). The molecule has 0 atom stereocenters. The molecule has 1 amide bonds. The van der Waals surface area contributed by atoms with E-state index in [1.54, 1.807) is 32.4 Å². The minimum Gasteiger partial charge on any atom is -0.495 e. The van der Waals surface area contributed by atoms with Crippen molar-refractivity contribution in [1.82, 2.24) is 0 Å². The molecule has 0 aliphatic carbocycles. The minimum absolute atomic E-state index is 0.234. The molecule has 0 radical (unpaired) electrons. The molecule has 1 aromatic carbocycles. The van der Waals surface area contributed by atoms with Gasteiger partial charge in [-0.15, -0.1) is 0 Å². The lowest BCUT2D eigenvalue weighted by Gasteiger charge is -2.10. The maximum Gasteiger partial charge on any atom is 0.247 e. The van der Waals surface area contributed by atoms with E-state index in [4.69, 9.17) is 4.74 Å². The highest BCUT2D eigenvalue weighted by Gasteiger charge is 2.03. The van der Waals surface area contributed by atoms with E-state index in [1.165, 1.54) is 6.08 Å². The van der Waals surface area contributed by atoms with Gasteiger partial charge in [-0.05, 0) is 24.3 Å². The summed E-state index contributed by atoms with van der Waals surface area (Å²) in [6.45, 7) is 3.38. The fraction of sp³-hybridized carbons (Fsp3) is 0.182. The third-order valence-corrected chi connectivity index (χ3v) is 1.92. The standard InChI is InChI=1S/C11H14N2O2/c1-4-11(14)13-8-5-6-10(15-3)9(7-8)12-2/h4-7,12H,1H2,2-3H3,(H,13,14). The van der Waals surface area contributed by atoms with Gasteiger partial charge in [-0.25, -0.2) is 0 Å². The van der Waals surface area contributed by atoms with Gasteiger partial charge in [-0.1, -0.05) is 6.58 Å². The van der Waals surface area contributed by atoms with Crippen LogP contribution < -0.4 is 15.4 Å². The highest BCUT2D eigenvalue weighted by atomic mass is 16.5. The molecule has 80 valence electrons. The summed E-state index contributed by atoms with van der Waals surface area (Å²) in [6, 6.07) is 5.34. The maximum absolute atomic E-state index is 11.1. The van der Waals surface area contributed by atoms with E-state index < -0.39 is 0 Å². The van der Waals surface area contributed by atoms with Crippen molar-refractivity contribution in [2.24, 2.45) is 0 Å². The molecule has 15 heavy (non-hydrogen) atoms. The number of anilines is 2. The Labute approximate surface area is 88.9 Å². The molecular weight excluding hydrogens is 192 g/mol. The lowest BCUT2D eigenvalue weighted by atomic mass is 10.2. The van der Waals surface area contributed by atoms with Gasteiger partial charge in [0.15, 0.2) is 0 Å². The molecule has 0 aliphatic heterocycles. The summed E-state index contributed by atoms with van der Waals surface area (Å²) in [5.41, 5.74) is 1.52. The van der Waals surface area contributed by atoms with Crippen molar-refractivity contribution >= 4 is 17.3 Å². The fourth-order valence-electron chi connectivity index (χ4n) is 1.17. The zero-order valence-corrected chi connectivity index (χ0v) is 8.83. The van der Waals surface area contributed by atoms with E-state index in [0.29, 0.717) is 5.69 Å². The fourth-order valence-corrected chi connectivity index (χ4v) is 1.17. The number of amides is 1. The van der Waals surface area contributed by atoms with E-state index in [2.05, 4.69) is 17.2 Å². The number of carbonyl (C=O) groups excluding carboxylic acids is 1. The van der Waals surface area contributed by atoms with Crippen LogP contribution >= 0.6 is 0 Å². The molecule has 0 saturated carbocycles. The SMILES string of the molecule is C=CC(=O)Nc1ccc(OC)c(NC)c1. The van der Waals surface area contributed by atoms with Crippen LogP contribution in [-0.2, 0) is 4.79 Å². The van der Waals surface area contributed by atoms with Crippen LogP contribution in [0.15, 0.2) is 30.9 Å². The second kappa shape index (κ2) is 5.05. The maximum atomic E-state index is 11.1. The molecule has 0 aromatic heterocycles. The Hall–Kier alpha value is -1.97. The van der Waals surface area contributed by atoms with Gasteiger partial charge in [-0.3, -0.25) is 4.79 Å². The van der Waals surface area contributed by atoms with Crippen LogP contribution in [0, 0.1) is 0 Å². The van der Waals surface area contributed by atoms with Crippen LogP contribution in [0.1, 0.15) is 0 Å². The molecule has 0 aliphatic rings. The third kappa shape index (κ3) is 2.74. The monoisotopic (exact) mass is 206 g/mol. The number of hydrogen-bond donors (Lipinski definition) is 2. The van der Waals surface area contributed by atoms with Gasteiger partial charge in [0.2, 0.25) is 5.91 Å². The Morgan fingerprint density at radius 1 is 1.53 bits per heavy atom. The average Bonchev–Trinajstić information content (AvgIpc) is 2.28. The summed E-state index contributed by atoms with van der Waals surface area (Å²) in [6.07, 6.45) is 1.23. The van der Waals surface area contributed by atoms with Crippen molar-refractivity contribution in [3.63, 3.8) is 0 Å². The average molecular weight is 206 g/mol. The molecule has 0 spiro atoms. The first-order valence-corrected chi connectivity index (χ1v) is 4.50. The Balaban J connectivity index is 2.92. The zero-order chi connectivity index (χ0) is 11.3. The van der Waals surface area contributed by atoms with Gasteiger partial charge in [-0.2, -0.15) is 0 Å². The van der Waals surface area contributed by atoms with Gasteiger partial charge in [0.25, 0.3) is 0 Å². The van der Waals surface area contributed by atoms with Crippen molar-refractivity contribution in [2.45, 2.75) is 0 Å². The Morgan fingerprint density at radius 3 is 2.80 bits per heavy atom. The number of carbonyl (C=O) groups is 1. The van der Waals surface area contributed by atoms with Crippen LogP contribution in [0.5, 0.6) is 5.75 Å². The first-order chi connectivity index (χ1) is 7.21. The lowest BCUT2D eigenvalue weighted by Crippen LogP contribution is -2.07. The summed E-state index contributed by atoms with van der Waals surface area (Å²) < 4.78 is 5.13. The topological polar surface area (TPSA) is 50.4 Å². The van der Waals surface area contributed by atoms with Gasteiger partial charge in [0.05, 0.1) is 12.8 Å². The summed E-state index contributed by atoms with van der Waals surface area (Å²) in [5, 5.41) is 5.64.